The zero-order valence-electron chi connectivity index (χ0n) is 10.4. The minimum atomic E-state index is -4.31. The largest absolute Gasteiger partial charge is 0.446 e. The van der Waals surface area contributed by atoms with Crippen molar-refractivity contribution in [3.8, 4) is 0 Å². The van der Waals surface area contributed by atoms with Gasteiger partial charge in [-0.05, 0) is 42.6 Å². The van der Waals surface area contributed by atoms with Gasteiger partial charge in [0.05, 0.1) is 0 Å². The first kappa shape index (κ1) is 15.8. The van der Waals surface area contributed by atoms with E-state index in [0.717, 1.165) is 6.54 Å². The average molecular weight is 292 g/mol. The number of hydrogen-bond acceptors (Lipinski definition) is 3. The summed E-state index contributed by atoms with van der Waals surface area (Å²) in [6.07, 6.45) is 0. The molecule has 0 aliphatic rings. The lowest BCUT2D eigenvalue weighted by Gasteiger charge is -2.07. The highest BCUT2D eigenvalue weighted by molar-refractivity contribution is 8.00. The molecule has 2 N–H and O–H groups in total. The fraction of sp³-hybridized carbons (Fsp3) is 0.417. The number of thioether (sulfide) groups is 1. The summed E-state index contributed by atoms with van der Waals surface area (Å²) in [6.45, 7) is 3.91. The van der Waals surface area contributed by atoms with Crippen LogP contribution in [-0.4, -0.2) is 31.0 Å². The maximum absolute atomic E-state index is 12.1. The van der Waals surface area contributed by atoms with Crippen molar-refractivity contribution in [3.05, 3.63) is 29.8 Å². The Balaban J connectivity index is 2.49. The molecule has 3 nitrogen and oxygen atoms in total. The summed E-state index contributed by atoms with van der Waals surface area (Å²) in [5.74, 6) is -0.290. The lowest BCUT2D eigenvalue weighted by Crippen LogP contribution is -2.31. The van der Waals surface area contributed by atoms with Gasteiger partial charge in [-0.3, -0.25) is 4.79 Å². The van der Waals surface area contributed by atoms with Crippen molar-refractivity contribution in [2.45, 2.75) is 17.3 Å². The van der Waals surface area contributed by atoms with Crippen LogP contribution < -0.4 is 10.6 Å². The van der Waals surface area contributed by atoms with Crippen LogP contribution in [0.1, 0.15) is 17.3 Å². The van der Waals surface area contributed by atoms with Gasteiger partial charge in [0.15, 0.2) is 0 Å². The Bertz CT molecular complexity index is 406. The van der Waals surface area contributed by atoms with E-state index < -0.39 is 5.51 Å². The highest BCUT2D eigenvalue weighted by atomic mass is 32.2. The van der Waals surface area contributed by atoms with Gasteiger partial charge in [-0.2, -0.15) is 13.2 Å². The fourth-order valence-corrected chi connectivity index (χ4v) is 1.89. The highest BCUT2D eigenvalue weighted by Gasteiger charge is 2.29. The molecule has 0 saturated carbocycles. The molecule has 0 spiro atoms. The third-order valence-electron chi connectivity index (χ3n) is 2.19. The van der Waals surface area contributed by atoms with E-state index in [2.05, 4.69) is 10.6 Å². The Morgan fingerprint density at radius 2 is 1.84 bits per heavy atom. The second-order valence-corrected chi connectivity index (χ2v) is 4.82. The summed E-state index contributed by atoms with van der Waals surface area (Å²) in [5, 5.41) is 5.72. The van der Waals surface area contributed by atoms with Gasteiger partial charge in [0.1, 0.15) is 0 Å². The van der Waals surface area contributed by atoms with Crippen LogP contribution in [0.2, 0.25) is 0 Å². The molecule has 1 aromatic rings. The van der Waals surface area contributed by atoms with E-state index in [4.69, 9.17) is 0 Å². The molecule has 0 atom stereocenters. The van der Waals surface area contributed by atoms with E-state index in [1.165, 1.54) is 24.3 Å². The van der Waals surface area contributed by atoms with E-state index in [-0.39, 0.29) is 22.6 Å². The van der Waals surface area contributed by atoms with E-state index >= 15 is 0 Å². The van der Waals surface area contributed by atoms with Gasteiger partial charge in [-0.1, -0.05) is 6.92 Å². The summed E-state index contributed by atoms with van der Waals surface area (Å²) >= 11 is -0.196. The van der Waals surface area contributed by atoms with Crippen molar-refractivity contribution in [2.24, 2.45) is 0 Å². The molecule has 106 valence electrons. The van der Waals surface area contributed by atoms with Crippen LogP contribution in [0.4, 0.5) is 13.2 Å². The number of likely N-dealkylation sites (N-methyl/N-ethyl adjacent to an activating group) is 1. The predicted molar refractivity (Wildman–Crippen MR) is 69.2 cm³/mol. The Hall–Kier alpha value is -1.21. The lowest BCUT2D eigenvalue weighted by atomic mass is 10.2. The smallest absolute Gasteiger partial charge is 0.351 e. The van der Waals surface area contributed by atoms with Crippen LogP contribution in [0.15, 0.2) is 29.2 Å². The van der Waals surface area contributed by atoms with Crippen molar-refractivity contribution in [1.82, 2.24) is 10.6 Å². The third kappa shape index (κ3) is 6.49. The number of nitrogens with one attached hydrogen (secondary N) is 2. The van der Waals surface area contributed by atoms with Crippen LogP contribution in [0, 0.1) is 0 Å². The van der Waals surface area contributed by atoms with Gasteiger partial charge in [-0.25, -0.2) is 0 Å². The van der Waals surface area contributed by atoms with Crippen LogP contribution in [0.3, 0.4) is 0 Å². The standard InChI is InChI=1S/C12H15F3N2OS/c1-2-16-7-8-17-11(18)9-3-5-10(6-4-9)19-12(13,14)15/h3-6,16H,2,7-8H2,1H3,(H,17,18). The number of rotatable bonds is 6. The van der Waals surface area contributed by atoms with Crippen LogP contribution in [-0.2, 0) is 0 Å². The molecule has 0 fully saturated rings. The molecule has 0 unspecified atom stereocenters. The zero-order chi connectivity index (χ0) is 14.3. The molecule has 1 rings (SSSR count). The molecule has 0 aliphatic heterocycles. The maximum atomic E-state index is 12.1. The maximum Gasteiger partial charge on any atom is 0.446 e. The number of amides is 1. The molecular weight excluding hydrogens is 277 g/mol. The number of hydrogen-bond donors (Lipinski definition) is 2. The SMILES string of the molecule is CCNCCNC(=O)c1ccc(SC(F)(F)F)cc1. The third-order valence-corrected chi connectivity index (χ3v) is 2.93. The molecule has 0 aromatic heterocycles. The molecule has 0 radical (unpaired) electrons. The summed E-state index contributed by atoms with van der Waals surface area (Å²) in [6, 6.07) is 5.35. The van der Waals surface area contributed by atoms with Crippen molar-refractivity contribution in [3.63, 3.8) is 0 Å². The van der Waals surface area contributed by atoms with E-state index in [1.807, 2.05) is 6.92 Å². The van der Waals surface area contributed by atoms with Crippen molar-refractivity contribution in [1.29, 1.82) is 0 Å². The second-order valence-electron chi connectivity index (χ2n) is 3.68. The molecule has 1 aromatic carbocycles. The van der Waals surface area contributed by atoms with Gasteiger partial charge in [0.25, 0.3) is 5.91 Å². The number of carbonyl (C=O) groups is 1. The van der Waals surface area contributed by atoms with Crippen LogP contribution in [0.5, 0.6) is 0 Å². The summed E-state index contributed by atoms with van der Waals surface area (Å²) in [7, 11) is 0. The quantitative estimate of drug-likeness (QED) is 0.625. The first-order valence-corrected chi connectivity index (χ1v) is 6.58. The van der Waals surface area contributed by atoms with E-state index in [0.29, 0.717) is 18.7 Å². The van der Waals surface area contributed by atoms with Crippen LogP contribution >= 0.6 is 11.8 Å². The molecule has 0 saturated heterocycles. The lowest BCUT2D eigenvalue weighted by molar-refractivity contribution is -0.0328. The topological polar surface area (TPSA) is 41.1 Å². The normalized spacial score (nSPS) is 11.4. The van der Waals surface area contributed by atoms with Gasteiger partial charge in [-0.15, -0.1) is 0 Å². The van der Waals surface area contributed by atoms with Crippen molar-refractivity contribution >= 4 is 17.7 Å². The molecule has 1 amide bonds. The Morgan fingerprint density at radius 3 is 2.37 bits per heavy atom. The van der Waals surface area contributed by atoms with Gasteiger partial charge >= 0.3 is 5.51 Å². The Kier molecular flexibility index (Phi) is 6.17. The zero-order valence-corrected chi connectivity index (χ0v) is 11.2. The molecular formula is C12H15F3N2OS. The van der Waals surface area contributed by atoms with Crippen LogP contribution in [0.25, 0.3) is 0 Å². The molecule has 0 aliphatic carbocycles. The first-order valence-electron chi connectivity index (χ1n) is 5.77. The molecule has 19 heavy (non-hydrogen) atoms. The highest BCUT2D eigenvalue weighted by Crippen LogP contribution is 2.36. The number of alkyl halides is 3. The van der Waals surface area contributed by atoms with Crippen molar-refractivity contribution < 1.29 is 18.0 Å². The fourth-order valence-electron chi connectivity index (χ4n) is 1.35. The number of halogens is 3. The van der Waals surface area contributed by atoms with Crippen molar-refractivity contribution in [2.75, 3.05) is 19.6 Å². The summed E-state index contributed by atoms with van der Waals surface area (Å²) in [5.41, 5.74) is -3.96. The molecule has 0 bridgehead atoms. The van der Waals surface area contributed by atoms with E-state index in [9.17, 15) is 18.0 Å². The first-order chi connectivity index (χ1) is 8.92. The Morgan fingerprint density at radius 1 is 1.21 bits per heavy atom. The minimum Gasteiger partial charge on any atom is -0.351 e. The number of benzene rings is 1. The van der Waals surface area contributed by atoms with Gasteiger partial charge in [0.2, 0.25) is 0 Å². The Labute approximate surface area is 114 Å². The van der Waals surface area contributed by atoms with Gasteiger partial charge < -0.3 is 10.6 Å². The summed E-state index contributed by atoms with van der Waals surface area (Å²) < 4.78 is 36.3. The predicted octanol–water partition coefficient (Wildman–Crippen LogP) is 2.64. The molecule has 7 heteroatoms. The molecule has 0 heterocycles. The van der Waals surface area contributed by atoms with Gasteiger partial charge in [0, 0.05) is 23.5 Å². The van der Waals surface area contributed by atoms with E-state index in [1.54, 1.807) is 0 Å². The second kappa shape index (κ2) is 7.40. The minimum absolute atomic E-state index is 0.0664. The monoisotopic (exact) mass is 292 g/mol. The average Bonchev–Trinajstić information content (AvgIpc) is 2.33. The summed E-state index contributed by atoms with van der Waals surface area (Å²) in [4.78, 5) is 11.7. The number of carbonyl (C=O) groups excluding carboxylic acids is 1.